The number of carbonyl (C=O) groups excluding carboxylic acids is 1. The number of benzene rings is 2. The molecule has 1 aliphatic heterocycles. The van der Waals surface area contributed by atoms with E-state index < -0.39 is 15.9 Å². The van der Waals surface area contributed by atoms with Crippen LogP contribution >= 0.6 is 0 Å². The van der Waals surface area contributed by atoms with Crippen molar-refractivity contribution in [3.8, 4) is 17.1 Å². The summed E-state index contributed by atoms with van der Waals surface area (Å²) >= 11 is 0. The maximum atomic E-state index is 13.3. The van der Waals surface area contributed by atoms with Crippen LogP contribution in [0.25, 0.3) is 11.3 Å². The summed E-state index contributed by atoms with van der Waals surface area (Å²) in [6.07, 6.45) is 0.653. The van der Waals surface area contributed by atoms with Gasteiger partial charge in [-0.1, -0.05) is 44.2 Å². The maximum Gasteiger partial charge on any atom is 0.265 e. The second kappa shape index (κ2) is 9.42. The highest BCUT2D eigenvalue weighted by Crippen LogP contribution is 2.30. The number of rotatable bonds is 3. The average Bonchev–Trinajstić information content (AvgIpc) is 2.76. The number of sulfonamides is 1. The fourth-order valence-electron chi connectivity index (χ4n) is 4.14. The quantitative estimate of drug-likeness (QED) is 0.584. The maximum absolute atomic E-state index is 13.3. The number of hydrogen-bond donors (Lipinski definition) is 2. The van der Waals surface area contributed by atoms with E-state index in [4.69, 9.17) is 4.74 Å². The van der Waals surface area contributed by atoms with Gasteiger partial charge in [-0.3, -0.25) is 4.79 Å². The molecule has 2 heterocycles. The van der Waals surface area contributed by atoms with Crippen molar-refractivity contribution in [2.45, 2.75) is 45.1 Å². The largest absolute Gasteiger partial charge is 0.475 e. The van der Waals surface area contributed by atoms with E-state index in [1.165, 1.54) is 12.1 Å². The topological polar surface area (TPSA) is 110 Å². The van der Waals surface area contributed by atoms with E-state index in [0.29, 0.717) is 12.1 Å². The van der Waals surface area contributed by atoms with Crippen LogP contribution in [-0.2, 0) is 10.0 Å². The zero-order valence-corrected chi connectivity index (χ0v) is 20.4. The molecule has 0 aliphatic carbocycles. The molecule has 1 atom stereocenters. The number of nitrogens with zero attached hydrogens (tertiary/aromatic N) is 2. The van der Waals surface area contributed by atoms with Gasteiger partial charge >= 0.3 is 0 Å². The molecule has 0 radical (unpaired) electrons. The van der Waals surface area contributed by atoms with Crippen LogP contribution in [-0.4, -0.2) is 36.9 Å². The summed E-state index contributed by atoms with van der Waals surface area (Å²) in [6, 6.07) is 13.3. The summed E-state index contributed by atoms with van der Waals surface area (Å²) in [5, 5.41) is 2.93. The number of aromatic nitrogens is 2. The summed E-state index contributed by atoms with van der Waals surface area (Å²) < 4.78 is 35.0. The number of aryl methyl sites for hydroxylation is 2. The second-order valence-corrected chi connectivity index (χ2v) is 10.5. The molecule has 8 nitrogen and oxygen atoms in total. The Kier molecular flexibility index (Phi) is 6.56. The third kappa shape index (κ3) is 5.04. The van der Waals surface area contributed by atoms with Crippen LogP contribution < -0.4 is 14.8 Å². The number of ether oxygens (including phenoxy) is 1. The monoisotopic (exact) mass is 480 g/mol. The average molecular weight is 481 g/mol. The zero-order valence-electron chi connectivity index (χ0n) is 19.6. The van der Waals surface area contributed by atoms with Gasteiger partial charge in [0.25, 0.3) is 15.9 Å². The Morgan fingerprint density at radius 2 is 1.76 bits per heavy atom. The lowest BCUT2D eigenvalue weighted by Gasteiger charge is -2.23. The van der Waals surface area contributed by atoms with Crippen LogP contribution in [0.2, 0.25) is 0 Å². The first-order valence-electron chi connectivity index (χ1n) is 11.1. The summed E-state index contributed by atoms with van der Waals surface area (Å²) in [5.41, 5.74) is 3.48. The molecule has 0 saturated carbocycles. The van der Waals surface area contributed by atoms with Gasteiger partial charge in [0, 0.05) is 11.6 Å². The summed E-state index contributed by atoms with van der Waals surface area (Å²) in [4.78, 5) is 21.7. The highest BCUT2D eigenvalue weighted by molar-refractivity contribution is 7.92. The second-order valence-electron chi connectivity index (χ2n) is 8.89. The van der Waals surface area contributed by atoms with Crippen molar-refractivity contribution in [1.82, 2.24) is 15.3 Å². The Balaban J connectivity index is 1.88. The number of anilines is 1. The fraction of sp³-hybridized carbons (Fsp3) is 0.320. The van der Waals surface area contributed by atoms with Gasteiger partial charge in [0.2, 0.25) is 11.8 Å². The van der Waals surface area contributed by atoms with Gasteiger partial charge in [0.05, 0.1) is 17.3 Å². The Morgan fingerprint density at radius 3 is 2.47 bits per heavy atom. The van der Waals surface area contributed by atoms with Crippen LogP contribution in [0.3, 0.4) is 0 Å². The van der Waals surface area contributed by atoms with Gasteiger partial charge in [-0.05, 0) is 49.4 Å². The SMILES string of the molecule is Cc1cccc(C)c1-c1cc2nc(n1)NS(=O)(=O)c1ccccc1C(=O)N[C@H](CC(C)C)CO2. The molecule has 34 heavy (non-hydrogen) atoms. The molecular formula is C25H28N4O4S. The number of nitrogens with one attached hydrogen (secondary N) is 2. The van der Waals surface area contributed by atoms with E-state index in [9.17, 15) is 13.2 Å². The van der Waals surface area contributed by atoms with E-state index >= 15 is 0 Å². The molecule has 1 aliphatic rings. The van der Waals surface area contributed by atoms with Gasteiger partial charge < -0.3 is 10.1 Å². The van der Waals surface area contributed by atoms with Crippen LogP contribution in [0.1, 0.15) is 41.8 Å². The first-order valence-corrected chi connectivity index (χ1v) is 12.6. The summed E-state index contributed by atoms with van der Waals surface area (Å²) in [5.74, 6) is -0.0845. The van der Waals surface area contributed by atoms with Crippen molar-refractivity contribution in [3.05, 3.63) is 65.2 Å². The first kappa shape index (κ1) is 23.7. The first-order chi connectivity index (χ1) is 16.1. The van der Waals surface area contributed by atoms with Gasteiger partial charge in [-0.15, -0.1) is 0 Å². The lowest BCUT2D eigenvalue weighted by molar-refractivity contribution is 0.0909. The molecule has 178 valence electrons. The molecule has 0 saturated heterocycles. The van der Waals surface area contributed by atoms with Crippen molar-refractivity contribution < 1.29 is 17.9 Å². The molecule has 1 aromatic heterocycles. The van der Waals surface area contributed by atoms with E-state index in [2.05, 4.69) is 20.0 Å². The van der Waals surface area contributed by atoms with Crippen LogP contribution in [0.5, 0.6) is 5.88 Å². The predicted octanol–water partition coefficient (Wildman–Crippen LogP) is 4.10. The minimum Gasteiger partial charge on any atom is -0.475 e. The van der Waals surface area contributed by atoms with E-state index in [1.54, 1.807) is 18.2 Å². The smallest absolute Gasteiger partial charge is 0.265 e. The molecule has 1 amide bonds. The zero-order chi connectivity index (χ0) is 24.5. The number of amides is 1. The molecule has 0 fully saturated rings. The Hall–Kier alpha value is -3.46. The third-order valence-corrected chi connectivity index (χ3v) is 7.00. The Morgan fingerprint density at radius 1 is 1.06 bits per heavy atom. The van der Waals surface area contributed by atoms with Crippen molar-refractivity contribution in [2.75, 3.05) is 11.3 Å². The Labute approximate surface area is 199 Å². The molecular weight excluding hydrogens is 452 g/mol. The molecule has 0 spiro atoms. The van der Waals surface area contributed by atoms with E-state index in [1.807, 2.05) is 45.9 Å². The van der Waals surface area contributed by atoms with E-state index in [0.717, 1.165) is 16.7 Å². The Bertz CT molecular complexity index is 1320. The third-order valence-electron chi connectivity index (χ3n) is 5.61. The fourth-order valence-corrected chi connectivity index (χ4v) is 5.29. The summed E-state index contributed by atoms with van der Waals surface area (Å²) in [6.45, 7) is 8.22. The standard InChI is InChI=1S/C25H28N4O4S/c1-15(2)12-18-14-33-22-13-20(23-16(3)8-7-9-17(23)4)27-25(28-22)29-34(31,32)21-11-6-5-10-19(21)24(30)26-18/h5-11,13,15,18H,12,14H2,1-4H3,(H,26,30)(H,27,28,29)/t18-/m1/s1. The van der Waals surface area contributed by atoms with E-state index in [-0.39, 0.29) is 40.9 Å². The minimum absolute atomic E-state index is 0.0513. The van der Waals surface area contributed by atoms with Gasteiger partial charge in [-0.25, -0.2) is 18.1 Å². The van der Waals surface area contributed by atoms with Crippen LogP contribution in [0.15, 0.2) is 53.4 Å². The molecule has 3 aromatic rings. The van der Waals surface area contributed by atoms with Crippen LogP contribution in [0.4, 0.5) is 5.95 Å². The van der Waals surface area contributed by atoms with Gasteiger partial charge in [0.1, 0.15) is 11.5 Å². The molecule has 2 N–H and O–H groups in total. The molecule has 9 heteroatoms. The number of fused-ring (bicyclic) bond motifs is 3. The van der Waals surface area contributed by atoms with Gasteiger partial charge in [-0.2, -0.15) is 4.98 Å². The van der Waals surface area contributed by atoms with Gasteiger partial charge in [0.15, 0.2) is 0 Å². The van der Waals surface area contributed by atoms with Crippen molar-refractivity contribution >= 4 is 21.9 Å². The number of hydrogen-bond acceptors (Lipinski definition) is 6. The molecule has 4 rings (SSSR count). The number of carbonyl (C=O) groups is 1. The highest BCUT2D eigenvalue weighted by atomic mass is 32.2. The minimum atomic E-state index is -4.15. The molecule has 0 unspecified atom stereocenters. The van der Waals surface area contributed by atoms with Crippen LogP contribution in [0, 0.1) is 19.8 Å². The van der Waals surface area contributed by atoms with Crippen molar-refractivity contribution in [3.63, 3.8) is 0 Å². The highest BCUT2D eigenvalue weighted by Gasteiger charge is 2.27. The summed E-state index contributed by atoms with van der Waals surface area (Å²) in [7, 11) is -4.15. The van der Waals surface area contributed by atoms with Crippen molar-refractivity contribution in [2.24, 2.45) is 5.92 Å². The normalized spacial score (nSPS) is 17.4. The lowest BCUT2D eigenvalue weighted by atomic mass is 10.00. The lowest BCUT2D eigenvalue weighted by Crippen LogP contribution is -2.41. The predicted molar refractivity (Wildman–Crippen MR) is 130 cm³/mol. The van der Waals surface area contributed by atoms with Crippen molar-refractivity contribution in [1.29, 1.82) is 0 Å². The molecule has 2 bridgehead atoms. The molecule has 2 aromatic carbocycles.